The SMILES string of the molecule is CCCN(CCC)S(=O)(=O)c1ccc2cc(OCC)ccc2c1. The zero-order valence-electron chi connectivity index (χ0n) is 14.1. The van der Waals surface area contributed by atoms with Gasteiger partial charge in [0.05, 0.1) is 11.5 Å². The van der Waals surface area contributed by atoms with Gasteiger partial charge in [-0.3, -0.25) is 0 Å². The number of hydrogen-bond donors (Lipinski definition) is 0. The zero-order chi connectivity index (χ0) is 16.9. The van der Waals surface area contributed by atoms with Gasteiger partial charge in [0, 0.05) is 13.1 Å². The van der Waals surface area contributed by atoms with E-state index in [1.165, 1.54) is 0 Å². The Kier molecular flexibility index (Phi) is 6.02. The first-order valence-electron chi connectivity index (χ1n) is 8.19. The third kappa shape index (κ3) is 4.03. The maximum Gasteiger partial charge on any atom is 0.243 e. The molecule has 0 aliphatic rings. The molecule has 0 spiro atoms. The second-order valence-electron chi connectivity index (χ2n) is 5.51. The number of sulfonamides is 1. The molecule has 2 rings (SSSR count). The first-order valence-corrected chi connectivity index (χ1v) is 9.63. The lowest BCUT2D eigenvalue weighted by Crippen LogP contribution is -2.32. The van der Waals surface area contributed by atoms with Crippen LogP contribution in [0.3, 0.4) is 0 Å². The van der Waals surface area contributed by atoms with Crippen LogP contribution >= 0.6 is 0 Å². The summed E-state index contributed by atoms with van der Waals surface area (Å²) >= 11 is 0. The molecule has 0 bridgehead atoms. The third-order valence-electron chi connectivity index (χ3n) is 3.68. The molecule has 4 nitrogen and oxygen atoms in total. The molecule has 0 heterocycles. The molecule has 0 saturated heterocycles. The van der Waals surface area contributed by atoms with Gasteiger partial charge in [-0.2, -0.15) is 4.31 Å². The van der Waals surface area contributed by atoms with Crippen molar-refractivity contribution >= 4 is 20.8 Å². The number of ether oxygens (including phenoxy) is 1. The van der Waals surface area contributed by atoms with Crippen molar-refractivity contribution in [1.82, 2.24) is 4.31 Å². The highest BCUT2D eigenvalue weighted by Crippen LogP contribution is 2.25. The number of rotatable bonds is 8. The van der Waals surface area contributed by atoms with E-state index in [4.69, 9.17) is 4.74 Å². The molecule has 0 amide bonds. The van der Waals surface area contributed by atoms with E-state index >= 15 is 0 Å². The predicted molar refractivity (Wildman–Crippen MR) is 94.5 cm³/mol. The third-order valence-corrected chi connectivity index (χ3v) is 5.57. The Morgan fingerprint density at radius 1 is 0.913 bits per heavy atom. The minimum atomic E-state index is -3.44. The van der Waals surface area contributed by atoms with Crippen LogP contribution in [0.1, 0.15) is 33.6 Å². The van der Waals surface area contributed by atoms with Gasteiger partial charge in [0.1, 0.15) is 5.75 Å². The van der Waals surface area contributed by atoms with Crippen molar-refractivity contribution in [2.75, 3.05) is 19.7 Å². The summed E-state index contributed by atoms with van der Waals surface area (Å²) in [6.45, 7) is 7.65. The first-order chi connectivity index (χ1) is 11.0. The highest BCUT2D eigenvalue weighted by Gasteiger charge is 2.23. The van der Waals surface area contributed by atoms with Gasteiger partial charge in [0.15, 0.2) is 0 Å². The van der Waals surface area contributed by atoms with Crippen molar-refractivity contribution in [2.24, 2.45) is 0 Å². The van der Waals surface area contributed by atoms with E-state index < -0.39 is 10.0 Å². The average Bonchev–Trinajstić information content (AvgIpc) is 2.54. The summed E-state index contributed by atoms with van der Waals surface area (Å²) in [4.78, 5) is 0.357. The van der Waals surface area contributed by atoms with Crippen molar-refractivity contribution in [3.05, 3.63) is 36.4 Å². The Hall–Kier alpha value is -1.59. The van der Waals surface area contributed by atoms with Crippen molar-refractivity contribution in [1.29, 1.82) is 0 Å². The molecular formula is C18H25NO3S. The van der Waals surface area contributed by atoms with Crippen LogP contribution < -0.4 is 4.74 Å². The van der Waals surface area contributed by atoms with Crippen molar-refractivity contribution in [2.45, 2.75) is 38.5 Å². The lowest BCUT2D eigenvalue weighted by molar-refractivity contribution is 0.341. The minimum Gasteiger partial charge on any atom is -0.494 e. The van der Waals surface area contributed by atoms with E-state index in [2.05, 4.69) is 0 Å². The molecule has 0 aliphatic heterocycles. The van der Waals surface area contributed by atoms with Gasteiger partial charge in [0.2, 0.25) is 10.0 Å². The molecule has 23 heavy (non-hydrogen) atoms. The molecular weight excluding hydrogens is 310 g/mol. The predicted octanol–water partition coefficient (Wildman–Crippen LogP) is 4.05. The molecule has 0 unspecified atom stereocenters. The van der Waals surface area contributed by atoms with E-state index in [0.29, 0.717) is 24.6 Å². The van der Waals surface area contributed by atoms with Gasteiger partial charge in [-0.25, -0.2) is 8.42 Å². The number of fused-ring (bicyclic) bond motifs is 1. The molecule has 0 saturated carbocycles. The topological polar surface area (TPSA) is 46.6 Å². The van der Waals surface area contributed by atoms with Gasteiger partial charge in [-0.05, 0) is 54.8 Å². The summed E-state index contributed by atoms with van der Waals surface area (Å²) in [6, 6.07) is 11.0. The summed E-state index contributed by atoms with van der Waals surface area (Å²) in [6.07, 6.45) is 1.62. The largest absolute Gasteiger partial charge is 0.494 e. The fourth-order valence-corrected chi connectivity index (χ4v) is 4.28. The van der Waals surface area contributed by atoms with Crippen LogP contribution in [0.25, 0.3) is 10.8 Å². The van der Waals surface area contributed by atoms with Crippen molar-refractivity contribution < 1.29 is 13.2 Å². The fraction of sp³-hybridized carbons (Fsp3) is 0.444. The fourth-order valence-electron chi connectivity index (χ4n) is 2.62. The molecule has 2 aromatic rings. The first kappa shape index (κ1) is 17.8. The van der Waals surface area contributed by atoms with Crippen LogP contribution in [0.5, 0.6) is 5.75 Å². The number of benzene rings is 2. The van der Waals surface area contributed by atoms with Crippen LogP contribution in [0, 0.1) is 0 Å². The van der Waals surface area contributed by atoms with Gasteiger partial charge >= 0.3 is 0 Å². The molecule has 0 radical (unpaired) electrons. The van der Waals surface area contributed by atoms with Crippen LogP contribution in [0.2, 0.25) is 0 Å². The van der Waals surface area contributed by atoms with E-state index in [1.54, 1.807) is 16.4 Å². The quantitative estimate of drug-likeness (QED) is 0.731. The maximum atomic E-state index is 12.8. The average molecular weight is 335 g/mol. The lowest BCUT2D eigenvalue weighted by Gasteiger charge is -2.21. The second-order valence-corrected chi connectivity index (χ2v) is 7.45. The number of hydrogen-bond acceptors (Lipinski definition) is 3. The summed E-state index contributed by atoms with van der Waals surface area (Å²) in [7, 11) is -3.44. The van der Waals surface area contributed by atoms with E-state index in [1.807, 2.05) is 45.0 Å². The van der Waals surface area contributed by atoms with Crippen LogP contribution in [-0.4, -0.2) is 32.4 Å². The van der Waals surface area contributed by atoms with Crippen LogP contribution in [0.15, 0.2) is 41.3 Å². The van der Waals surface area contributed by atoms with Crippen molar-refractivity contribution in [3.63, 3.8) is 0 Å². The lowest BCUT2D eigenvalue weighted by atomic mass is 10.1. The molecule has 0 N–H and O–H groups in total. The Morgan fingerprint density at radius 3 is 2.13 bits per heavy atom. The summed E-state index contributed by atoms with van der Waals surface area (Å²) in [5, 5.41) is 1.88. The molecule has 126 valence electrons. The Labute approximate surface area is 139 Å². The smallest absolute Gasteiger partial charge is 0.243 e. The van der Waals surface area contributed by atoms with Gasteiger partial charge < -0.3 is 4.74 Å². The van der Waals surface area contributed by atoms with Gasteiger partial charge in [0.25, 0.3) is 0 Å². The zero-order valence-corrected chi connectivity index (χ0v) is 14.9. The Balaban J connectivity index is 2.40. The van der Waals surface area contributed by atoms with Gasteiger partial charge in [-0.15, -0.1) is 0 Å². The monoisotopic (exact) mass is 335 g/mol. The summed E-state index contributed by atoms with van der Waals surface area (Å²) in [5.74, 6) is 0.800. The molecule has 0 atom stereocenters. The molecule has 2 aromatic carbocycles. The second kappa shape index (κ2) is 7.79. The maximum absolute atomic E-state index is 12.8. The molecule has 0 aromatic heterocycles. The molecule has 0 fully saturated rings. The number of nitrogens with zero attached hydrogens (tertiary/aromatic N) is 1. The Morgan fingerprint density at radius 2 is 1.52 bits per heavy atom. The Bertz CT molecular complexity index is 750. The van der Waals surface area contributed by atoms with Crippen LogP contribution in [-0.2, 0) is 10.0 Å². The van der Waals surface area contributed by atoms with Crippen molar-refractivity contribution in [3.8, 4) is 5.75 Å². The van der Waals surface area contributed by atoms with Crippen LogP contribution in [0.4, 0.5) is 0 Å². The normalized spacial score (nSPS) is 12.0. The standard InChI is InChI=1S/C18H25NO3S/c1-4-11-19(12-5-2)23(20,21)18-10-8-15-13-17(22-6-3)9-7-16(15)14-18/h7-10,13-14H,4-6,11-12H2,1-3H3. The summed E-state index contributed by atoms with van der Waals surface area (Å²) < 4.78 is 32.7. The summed E-state index contributed by atoms with van der Waals surface area (Å²) in [5.41, 5.74) is 0. The van der Waals surface area contributed by atoms with E-state index in [0.717, 1.165) is 29.4 Å². The van der Waals surface area contributed by atoms with E-state index in [-0.39, 0.29) is 0 Å². The minimum absolute atomic E-state index is 0.357. The van der Waals surface area contributed by atoms with E-state index in [9.17, 15) is 8.42 Å². The molecule has 5 heteroatoms. The highest BCUT2D eigenvalue weighted by molar-refractivity contribution is 7.89. The highest BCUT2D eigenvalue weighted by atomic mass is 32.2. The molecule has 0 aliphatic carbocycles. The van der Waals surface area contributed by atoms with Gasteiger partial charge in [-0.1, -0.05) is 26.0 Å².